The Bertz CT molecular complexity index is 875. The maximum absolute atomic E-state index is 12.7. The highest BCUT2D eigenvalue weighted by molar-refractivity contribution is 7.98. The maximum Gasteiger partial charge on any atom is 0.262 e. The zero-order valence-electron chi connectivity index (χ0n) is 12.0. The Balaban J connectivity index is 2.05. The summed E-state index contributed by atoms with van der Waals surface area (Å²) in [6.45, 7) is 3.94. The Morgan fingerprint density at radius 2 is 2.14 bits per heavy atom. The van der Waals surface area contributed by atoms with Crippen LogP contribution in [0.5, 0.6) is 0 Å². The first-order valence-electron chi connectivity index (χ1n) is 6.68. The third kappa shape index (κ3) is 2.88. The van der Waals surface area contributed by atoms with Gasteiger partial charge >= 0.3 is 0 Å². The van der Waals surface area contributed by atoms with E-state index in [4.69, 9.17) is 11.6 Å². The summed E-state index contributed by atoms with van der Waals surface area (Å²) in [7, 11) is 0. The molecule has 3 rings (SSSR count). The molecule has 114 valence electrons. The molecule has 0 spiro atoms. The Hall–Kier alpha value is -1.44. The number of hydrogen-bond acceptors (Lipinski definition) is 6. The van der Waals surface area contributed by atoms with E-state index < -0.39 is 0 Å². The number of benzene rings is 1. The van der Waals surface area contributed by atoms with E-state index in [1.807, 2.05) is 32.0 Å². The van der Waals surface area contributed by atoms with Crippen molar-refractivity contribution in [2.45, 2.75) is 30.8 Å². The van der Waals surface area contributed by atoms with Crippen LogP contribution in [-0.4, -0.2) is 19.1 Å². The molecule has 5 nitrogen and oxygen atoms in total. The van der Waals surface area contributed by atoms with E-state index in [0.717, 1.165) is 17.2 Å². The van der Waals surface area contributed by atoms with Crippen molar-refractivity contribution in [1.82, 2.24) is 19.1 Å². The molecule has 0 N–H and O–H groups in total. The molecule has 0 unspecified atom stereocenters. The second-order valence-corrected chi connectivity index (χ2v) is 7.26. The standard InChI is InChI=1S/C14H13ClN4OS2/c1-8(2)19-13(20)9-5-3-4-6-10(9)16-14(19)21-7-11-12(15)22-18-17-11/h3-6,8H,7H2,1-2H3. The van der Waals surface area contributed by atoms with Gasteiger partial charge in [-0.25, -0.2) is 4.98 Å². The molecule has 0 saturated carbocycles. The summed E-state index contributed by atoms with van der Waals surface area (Å²) < 4.78 is 6.10. The Morgan fingerprint density at radius 3 is 2.82 bits per heavy atom. The van der Waals surface area contributed by atoms with Gasteiger partial charge in [0.15, 0.2) is 5.16 Å². The highest BCUT2D eigenvalue weighted by Crippen LogP contribution is 2.27. The fourth-order valence-electron chi connectivity index (χ4n) is 2.10. The normalized spacial score (nSPS) is 11.5. The molecule has 0 atom stereocenters. The van der Waals surface area contributed by atoms with Gasteiger partial charge in [-0.15, -0.1) is 5.10 Å². The van der Waals surface area contributed by atoms with Crippen LogP contribution in [0.15, 0.2) is 34.2 Å². The van der Waals surface area contributed by atoms with Crippen LogP contribution in [0.25, 0.3) is 10.9 Å². The van der Waals surface area contributed by atoms with Crippen LogP contribution >= 0.6 is 34.9 Å². The third-order valence-corrected chi connectivity index (χ3v) is 5.09. The predicted molar refractivity (Wildman–Crippen MR) is 90.9 cm³/mol. The summed E-state index contributed by atoms with van der Waals surface area (Å²) in [6.07, 6.45) is 0. The Labute approximate surface area is 140 Å². The lowest BCUT2D eigenvalue weighted by Crippen LogP contribution is -2.25. The number of para-hydroxylation sites is 1. The van der Waals surface area contributed by atoms with Gasteiger partial charge in [0, 0.05) is 23.3 Å². The number of aromatic nitrogens is 4. The van der Waals surface area contributed by atoms with E-state index in [9.17, 15) is 4.79 Å². The Kier molecular flexibility index (Phi) is 4.46. The largest absolute Gasteiger partial charge is 0.285 e. The molecule has 3 aromatic rings. The summed E-state index contributed by atoms with van der Waals surface area (Å²) in [6, 6.07) is 7.41. The zero-order chi connectivity index (χ0) is 15.7. The predicted octanol–water partition coefficient (Wildman–Crippen LogP) is 3.77. The van der Waals surface area contributed by atoms with Crippen molar-refractivity contribution >= 4 is 45.8 Å². The summed E-state index contributed by atoms with van der Waals surface area (Å²) in [4.78, 5) is 17.3. The Morgan fingerprint density at radius 1 is 1.36 bits per heavy atom. The van der Waals surface area contributed by atoms with Crippen LogP contribution in [-0.2, 0) is 5.75 Å². The van der Waals surface area contributed by atoms with E-state index in [2.05, 4.69) is 14.6 Å². The van der Waals surface area contributed by atoms with Gasteiger partial charge in [0.05, 0.1) is 10.9 Å². The molecule has 2 heterocycles. The van der Waals surface area contributed by atoms with Crippen molar-refractivity contribution in [1.29, 1.82) is 0 Å². The molecule has 22 heavy (non-hydrogen) atoms. The van der Waals surface area contributed by atoms with E-state index in [0.29, 0.717) is 26.1 Å². The van der Waals surface area contributed by atoms with Crippen LogP contribution < -0.4 is 5.56 Å². The van der Waals surface area contributed by atoms with Gasteiger partial charge in [-0.1, -0.05) is 40.0 Å². The first-order chi connectivity index (χ1) is 10.6. The van der Waals surface area contributed by atoms with Crippen LogP contribution in [0.1, 0.15) is 25.6 Å². The van der Waals surface area contributed by atoms with Gasteiger partial charge < -0.3 is 0 Å². The lowest BCUT2D eigenvalue weighted by atomic mass is 10.2. The average Bonchev–Trinajstić information content (AvgIpc) is 2.90. The second-order valence-electron chi connectivity index (χ2n) is 4.96. The minimum Gasteiger partial charge on any atom is -0.285 e. The van der Waals surface area contributed by atoms with Crippen molar-refractivity contribution in [2.24, 2.45) is 0 Å². The molecule has 0 aliphatic carbocycles. The SMILES string of the molecule is CC(C)n1c(SCc2nnsc2Cl)nc2ccccc2c1=O. The maximum atomic E-state index is 12.7. The van der Waals surface area contributed by atoms with Crippen LogP contribution in [0.2, 0.25) is 4.34 Å². The number of hydrogen-bond donors (Lipinski definition) is 0. The molecule has 8 heteroatoms. The molecule has 0 aliphatic rings. The van der Waals surface area contributed by atoms with Gasteiger partial charge in [0.25, 0.3) is 5.56 Å². The average molecular weight is 353 g/mol. The lowest BCUT2D eigenvalue weighted by Gasteiger charge is -2.15. The number of fused-ring (bicyclic) bond motifs is 1. The first-order valence-corrected chi connectivity index (χ1v) is 8.82. The highest BCUT2D eigenvalue weighted by atomic mass is 35.5. The summed E-state index contributed by atoms with van der Waals surface area (Å²) in [5.41, 5.74) is 1.40. The second kappa shape index (κ2) is 6.36. The lowest BCUT2D eigenvalue weighted by molar-refractivity contribution is 0.519. The van der Waals surface area contributed by atoms with Crippen molar-refractivity contribution in [3.05, 3.63) is 44.6 Å². The van der Waals surface area contributed by atoms with Crippen molar-refractivity contribution in [3.63, 3.8) is 0 Å². The fraction of sp³-hybridized carbons (Fsp3) is 0.286. The van der Waals surface area contributed by atoms with Gasteiger partial charge in [-0.2, -0.15) is 0 Å². The number of thioether (sulfide) groups is 1. The minimum atomic E-state index is -0.0226. The van der Waals surface area contributed by atoms with Gasteiger partial charge in [-0.3, -0.25) is 9.36 Å². The smallest absolute Gasteiger partial charge is 0.262 e. The molecule has 0 bridgehead atoms. The van der Waals surface area contributed by atoms with Gasteiger partial charge in [0.1, 0.15) is 10.0 Å². The number of rotatable bonds is 4. The fourth-order valence-corrected chi connectivity index (χ4v) is 3.96. The zero-order valence-corrected chi connectivity index (χ0v) is 14.4. The number of halogens is 1. The van der Waals surface area contributed by atoms with Crippen molar-refractivity contribution in [3.8, 4) is 0 Å². The van der Waals surface area contributed by atoms with E-state index in [1.165, 1.54) is 11.8 Å². The minimum absolute atomic E-state index is 0.0226. The summed E-state index contributed by atoms with van der Waals surface area (Å²) >= 11 is 8.63. The highest BCUT2D eigenvalue weighted by Gasteiger charge is 2.15. The molecule has 0 saturated heterocycles. The quantitative estimate of drug-likeness (QED) is 0.528. The molecule has 1 aromatic carbocycles. The van der Waals surface area contributed by atoms with E-state index in [1.54, 1.807) is 10.6 Å². The topological polar surface area (TPSA) is 60.7 Å². The third-order valence-electron chi connectivity index (χ3n) is 3.14. The molecular weight excluding hydrogens is 340 g/mol. The molecule has 0 fully saturated rings. The number of nitrogens with zero attached hydrogens (tertiary/aromatic N) is 4. The van der Waals surface area contributed by atoms with Gasteiger partial charge in [-0.05, 0) is 26.0 Å². The molecule has 0 amide bonds. The molecule has 0 aliphatic heterocycles. The molecule has 2 aromatic heterocycles. The molecular formula is C14H13ClN4OS2. The van der Waals surface area contributed by atoms with Gasteiger partial charge in [0.2, 0.25) is 0 Å². The summed E-state index contributed by atoms with van der Waals surface area (Å²) in [5, 5.41) is 5.29. The first kappa shape index (κ1) is 15.5. The van der Waals surface area contributed by atoms with E-state index >= 15 is 0 Å². The van der Waals surface area contributed by atoms with Crippen LogP contribution in [0, 0.1) is 0 Å². The monoisotopic (exact) mass is 352 g/mol. The van der Waals surface area contributed by atoms with Crippen molar-refractivity contribution < 1.29 is 0 Å². The van der Waals surface area contributed by atoms with Crippen LogP contribution in [0.3, 0.4) is 0 Å². The molecule has 0 radical (unpaired) electrons. The summed E-state index contributed by atoms with van der Waals surface area (Å²) in [5.74, 6) is 0.535. The van der Waals surface area contributed by atoms with Crippen molar-refractivity contribution in [2.75, 3.05) is 0 Å². The van der Waals surface area contributed by atoms with E-state index in [-0.39, 0.29) is 11.6 Å². The van der Waals surface area contributed by atoms with Crippen LogP contribution in [0.4, 0.5) is 0 Å².